The Morgan fingerprint density at radius 1 is 0.545 bits per heavy atom. The van der Waals surface area contributed by atoms with E-state index < -0.39 is 7.26 Å². The van der Waals surface area contributed by atoms with Gasteiger partial charge in [-0.05, 0) is 35.4 Å². The smallest absolute Gasteiger partial charge is 0.0620 e. The zero-order valence-electron chi connectivity index (χ0n) is 12.7. The molecule has 0 N–H and O–H groups in total. The van der Waals surface area contributed by atoms with Gasteiger partial charge in [0.15, 0.2) is 0 Å². The molecule has 0 aromatic heterocycles. The molecule has 0 spiro atoms. The summed E-state index contributed by atoms with van der Waals surface area (Å²) in [4.78, 5) is 0. The van der Waals surface area contributed by atoms with E-state index in [0.29, 0.717) is 0 Å². The molecular formula is C21H20P+. The first-order valence-electron chi connectivity index (χ1n) is 7.94. The summed E-state index contributed by atoms with van der Waals surface area (Å²) in [5, 5.41) is 3.10. The summed E-state index contributed by atoms with van der Waals surface area (Å²) >= 11 is 0. The SMILES string of the molecule is c1ccc([P+]2(c3ccccc3)CCc3ccccc3C2)cc1. The first kappa shape index (κ1) is 13.7. The highest BCUT2D eigenvalue weighted by Crippen LogP contribution is 2.61. The monoisotopic (exact) mass is 303 g/mol. The van der Waals surface area contributed by atoms with Gasteiger partial charge in [-0.2, -0.15) is 0 Å². The Hall–Kier alpha value is -1.91. The third-order valence-corrected chi connectivity index (χ3v) is 9.26. The average Bonchev–Trinajstić information content (AvgIpc) is 2.63. The Morgan fingerprint density at radius 3 is 1.64 bits per heavy atom. The van der Waals surface area contributed by atoms with E-state index in [1.807, 2.05) is 0 Å². The summed E-state index contributed by atoms with van der Waals surface area (Å²) < 4.78 is 0. The topological polar surface area (TPSA) is 0 Å². The fourth-order valence-electron chi connectivity index (χ4n) is 3.65. The Kier molecular flexibility index (Phi) is 3.56. The molecule has 0 bridgehead atoms. The highest BCUT2D eigenvalue weighted by molar-refractivity contribution is 7.88. The molecule has 22 heavy (non-hydrogen) atoms. The quantitative estimate of drug-likeness (QED) is 0.615. The second-order valence-electron chi connectivity index (χ2n) is 6.04. The lowest BCUT2D eigenvalue weighted by molar-refractivity contribution is 1.06. The molecule has 3 aromatic rings. The largest absolute Gasteiger partial charge is 0.0995 e. The first-order chi connectivity index (χ1) is 10.9. The van der Waals surface area contributed by atoms with Crippen LogP contribution in [0.2, 0.25) is 0 Å². The van der Waals surface area contributed by atoms with Crippen LogP contribution in [-0.4, -0.2) is 6.16 Å². The minimum Gasteiger partial charge on any atom is -0.0620 e. The second-order valence-corrected chi connectivity index (χ2v) is 9.77. The molecule has 0 unspecified atom stereocenters. The van der Waals surface area contributed by atoms with Crippen LogP contribution in [0.5, 0.6) is 0 Å². The first-order valence-corrected chi connectivity index (χ1v) is 10.1. The van der Waals surface area contributed by atoms with E-state index in [1.54, 1.807) is 21.7 Å². The lowest BCUT2D eigenvalue weighted by atomic mass is 10.1. The minimum absolute atomic E-state index is 1.20. The number of fused-ring (bicyclic) bond motifs is 1. The van der Waals surface area contributed by atoms with Crippen LogP contribution in [0, 0.1) is 0 Å². The van der Waals surface area contributed by atoms with Gasteiger partial charge < -0.3 is 0 Å². The number of hydrogen-bond donors (Lipinski definition) is 0. The summed E-state index contributed by atoms with van der Waals surface area (Å²) in [6.45, 7) is 0. The van der Waals surface area contributed by atoms with Gasteiger partial charge in [0.1, 0.15) is 0 Å². The van der Waals surface area contributed by atoms with Gasteiger partial charge in [-0.15, -0.1) is 0 Å². The van der Waals surface area contributed by atoms with Gasteiger partial charge in [-0.3, -0.25) is 0 Å². The summed E-state index contributed by atoms with van der Waals surface area (Å²) in [6, 6.07) is 31.4. The lowest BCUT2D eigenvalue weighted by Gasteiger charge is -2.32. The molecule has 0 saturated heterocycles. The number of hydrogen-bond acceptors (Lipinski definition) is 0. The standard InChI is InChI=1S/C21H20P/c1-3-11-20(12-4-1)22(21-13-5-2-6-14-21)16-15-18-9-7-8-10-19(18)17-22/h1-14H,15-17H2/q+1. The number of rotatable bonds is 2. The molecule has 0 radical (unpaired) electrons. The molecule has 1 heteroatoms. The molecule has 0 saturated carbocycles. The molecular weight excluding hydrogens is 283 g/mol. The van der Waals surface area contributed by atoms with Gasteiger partial charge in [-0.25, -0.2) is 0 Å². The number of benzene rings is 3. The van der Waals surface area contributed by atoms with Crippen LogP contribution in [0.3, 0.4) is 0 Å². The molecule has 0 amide bonds. The van der Waals surface area contributed by atoms with Crippen LogP contribution in [0.15, 0.2) is 84.9 Å². The maximum atomic E-state index is 2.34. The van der Waals surface area contributed by atoms with Gasteiger partial charge in [0, 0.05) is 6.42 Å². The van der Waals surface area contributed by atoms with Crippen molar-refractivity contribution in [2.24, 2.45) is 0 Å². The summed E-state index contributed by atoms with van der Waals surface area (Å²) in [7, 11) is -1.33. The zero-order chi connectivity index (χ0) is 14.8. The zero-order valence-corrected chi connectivity index (χ0v) is 13.5. The van der Waals surface area contributed by atoms with Gasteiger partial charge in [0.25, 0.3) is 0 Å². The predicted octanol–water partition coefficient (Wildman–Crippen LogP) is 4.41. The third-order valence-electron chi connectivity index (χ3n) is 4.82. The Morgan fingerprint density at radius 2 is 1.05 bits per heavy atom. The predicted molar refractivity (Wildman–Crippen MR) is 97.8 cm³/mol. The lowest BCUT2D eigenvalue weighted by Crippen LogP contribution is -2.30. The highest BCUT2D eigenvalue weighted by atomic mass is 31.2. The average molecular weight is 303 g/mol. The van der Waals surface area contributed by atoms with E-state index in [1.165, 1.54) is 18.7 Å². The van der Waals surface area contributed by atoms with Crippen LogP contribution in [0.25, 0.3) is 0 Å². The molecule has 0 atom stereocenters. The molecule has 108 valence electrons. The Labute approximate surface area is 133 Å². The van der Waals surface area contributed by atoms with Crippen molar-refractivity contribution < 1.29 is 0 Å². The highest BCUT2D eigenvalue weighted by Gasteiger charge is 2.45. The minimum atomic E-state index is -1.33. The molecule has 0 nitrogen and oxygen atoms in total. The van der Waals surface area contributed by atoms with Crippen molar-refractivity contribution in [1.82, 2.24) is 0 Å². The van der Waals surface area contributed by atoms with E-state index in [2.05, 4.69) is 84.9 Å². The van der Waals surface area contributed by atoms with Crippen molar-refractivity contribution in [3.8, 4) is 0 Å². The van der Waals surface area contributed by atoms with Crippen LogP contribution >= 0.6 is 7.26 Å². The van der Waals surface area contributed by atoms with E-state index in [-0.39, 0.29) is 0 Å². The third kappa shape index (κ3) is 2.28. The van der Waals surface area contributed by atoms with Gasteiger partial charge in [0.2, 0.25) is 0 Å². The maximum absolute atomic E-state index is 2.34. The van der Waals surface area contributed by atoms with Crippen molar-refractivity contribution in [2.75, 3.05) is 6.16 Å². The van der Waals surface area contributed by atoms with Crippen LogP contribution < -0.4 is 10.6 Å². The molecule has 4 rings (SSSR count). The normalized spacial score (nSPS) is 16.0. The second kappa shape index (κ2) is 5.71. The van der Waals surface area contributed by atoms with Crippen molar-refractivity contribution in [2.45, 2.75) is 12.6 Å². The fraction of sp³-hybridized carbons (Fsp3) is 0.143. The van der Waals surface area contributed by atoms with Crippen LogP contribution in [0.1, 0.15) is 11.1 Å². The van der Waals surface area contributed by atoms with Crippen molar-refractivity contribution in [3.05, 3.63) is 96.1 Å². The van der Waals surface area contributed by atoms with Crippen molar-refractivity contribution >= 4 is 17.9 Å². The molecule has 1 aliphatic rings. The molecule has 1 heterocycles. The van der Waals surface area contributed by atoms with Gasteiger partial charge >= 0.3 is 0 Å². The van der Waals surface area contributed by atoms with E-state index in [4.69, 9.17) is 0 Å². The van der Waals surface area contributed by atoms with Gasteiger partial charge in [-0.1, -0.05) is 60.7 Å². The van der Waals surface area contributed by atoms with Gasteiger partial charge in [0.05, 0.1) is 30.2 Å². The molecule has 0 aliphatic carbocycles. The van der Waals surface area contributed by atoms with E-state index >= 15 is 0 Å². The Bertz CT molecular complexity index is 723. The number of aryl methyl sites for hydroxylation is 1. The molecule has 3 aromatic carbocycles. The summed E-state index contributed by atoms with van der Waals surface area (Å²) in [5.41, 5.74) is 3.10. The summed E-state index contributed by atoms with van der Waals surface area (Å²) in [5.74, 6) is 0. The van der Waals surface area contributed by atoms with Crippen molar-refractivity contribution in [3.63, 3.8) is 0 Å². The maximum Gasteiger partial charge on any atom is 0.0995 e. The summed E-state index contributed by atoms with van der Waals surface area (Å²) in [6.07, 6.45) is 3.70. The fourth-order valence-corrected chi connectivity index (χ4v) is 7.99. The van der Waals surface area contributed by atoms with E-state index in [0.717, 1.165) is 0 Å². The molecule has 1 aliphatic heterocycles. The van der Waals surface area contributed by atoms with Crippen LogP contribution in [-0.2, 0) is 12.6 Å². The Balaban J connectivity index is 1.89. The van der Waals surface area contributed by atoms with Crippen LogP contribution in [0.4, 0.5) is 0 Å². The van der Waals surface area contributed by atoms with Crippen molar-refractivity contribution in [1.29, 1.82) is 0 Å². The van der Waals surface area contributed by atoms with E-state index in [9.17, 15) is 0 Å². The molecule has 0 fully saturated rings.